The summed E-state index contributed by atoms with van der Waals surface area (Å²) in [6.45, 7) is 2.28. The number of aliphatic hydroxyl groups excluding tert-OH is 1. The molecule has 0 aromatic carbocycles. The Hall–Kier alpha value is -1.03. The molecule has 1 aliphatic carbocycles. The van der Waals surface area contributed by atoms with Crippen LogP contribution in [-0.4, -0.2) is 27.1 Å². The van der Waals surface area contributed by atoms with E-state index in [1.165, 1.54) is 19.3 Å². The number of hydrogen-bond donors (Lipinski definition) is 1. The van der Waals surface area contributed by atoms with Crippen molar-refractivity contribution in [1.29, 1.82) is 0 Å². The van der Waals surface area contributed by atoms with Gasteiger partial charge in [0.25, 0.3) is 0 Å². The summed E-state index contributed by atoms with van der Waals surface area (Å²) in [5, 5.41) is 13.4. The van der Waals surface area contributed by atoms with E-state index in [-0.39, 0.29) is 6.10 Å². The highest BCUT2D eigenvalue weighted by molar-refractivity contribution is 5.12. The summed E-state index contributed by atoms with van der Waals surface area (Å²) in [5.74, 6) is 0.826. The summed E-state index contributed by atoms with van der Waals surface area (Å²) in [6, 6.07) is 0. The highest BCUT2D eigenvalue weighted by atomic mass is 16.5. The van der Waals surface area contributed by atoms with Crippen molar-refractivity contribution in [2.75, 3.05) is 0 Å². The fourth-order valence-electron chi connectivity index (χ4n) is 2.15. The van der Waals surface area contributed by atoms with Gasteiger partial charge in [0.2, 0.25) is 0 Å². The van der Waals surface area contributed by atoms with Crippen molar-refractivity contribution in [3.8, 4) is 5.75 Å². The Bertz CT molecular complexity index is 317. The monoisotopic (exact) mass is 224 g/mol. The molecule has 1 N–H and O–H groups in total. The molecule has 1 heterocycles. The maximum Gasteiger partial charge on any atom is 0.157 e. The van der Waals surface area contributed by atoms with Gasteiger partial charge in [-0.05, 0) is 32.6 Å². The van der Waals surface area contributed by atoms with Crippen LogP contribution in [0.4, 0.5) is 0 Å². The second kappa shape index (κ2) is 5.34. The van der Waals surface area contributed by atoms with E-state index in [0.717, 1.165) is 18.6 Å². The maximum atomic E-state index is 9.23. The van der Waals surface area contributed by atoms with Crippen molar-refractivity contribution in [3.63, 3.8) is 0 Å². The van der Waals surface area contributed by atoms with E-state index < -0.39 is 0 Å². The molecule has 0 amide bonds. The quantitative estimate of drug-likeness (QED) is 0.850. The zero-order chi connectivity index (χ0) is 11.4. The highest BCUT2D eigenvalue weighted by Gasteiger charge is 2.15. The topological polar surface area (TPSA) is 47.3 Å². The molecule has 0 bridgehead atoms. The first kappa shape index (κ1) is 11.5. The number of rotatable bonds is 4. The normalized spacial score (nSPS) is 19.6. The lowest BCUT2D eigenvalue weighted by Crippen LogP contribution is -2.19. The van der Waals surface area contributed by atoms with E-state index in [1.807, 2.05) is 6.20 Å². The van der Waals surface area contributed by atoms with Gasteiger partial charge in [-0.2, -0.15) is 5.10 Å². The Morgan fingerprint density at radius 3 is 2.94 bits per heavy atom. The molecule has 1 fully saturated rings. The molecular formula is C12H20N2O2. The van der Waals surface area contributed by atoms with E-state index >= 15 is 0 Å². The van der Waals surface area contributed by atoms with E-state index in [0.29, 0.717) is 12.6 Å². The van der Waals surface area contributed by atoms with Gasteiger partial charge in [-0.1, -0.05) is 6.42 Å². The highest BCUT2D eigenvalue weighted by Crippen LogP contribution is 2.22. The van der Waals surface area contributed by atoms with Crippen molar-refractivity contribution >= 4 is 0 Å². The Balaban J connectivity index is 1.86. The molecule has 0 aliphatic heterocycles. The molecule has 1 unspecified atom stereocenters. The first-order chi connectivity index (χ1) is 7.74. The number of nitrogens with zero attached hydrogens (tertiary/aromatic N) is 2. The molecule has 1 saturated carbocycles. The van der Waals surface area contributed by atoms with Gasteiger partial charge in [0, 0.05) is 0 Å². The predicted octanol–water partition coefficient (Wildman–Crippen LogP) is 1.98. The van der Waals surface area contributed by atoms with Crippen molar-refractivity contribution in [2.45, 2.75) is 57.8 Å². The minimum Gasteiger partial charge on any atom is -0.487 e. The largest absolute Gasteiger partial charge is 0.487 e. The van der Waals surface area contributed by atoms with Crippen molar-refractivity contribution < 1.29 is 9.84 Å². The predicted molar refractivity (Wildman–Crippen MR) is 61.4 cm³/mol. The van der Waals surface area contributed by atoms with Crippen LogP contribution in [0.25, 0.3) is 0 Å². The third kappa shape index (κ3) is 3.23. The van der Waals surface area contributed by atoms with Crippen LogP contribution in [0.3, 0.4) is 0 Å². The minimum atomic E-state index is -0.373. The molecule has 4 nitrogen and oxygen atoms in total. The molecule has 2 rings (SSSR count). The number of hydrogen-bond acceptors (Lipinski definition) is 3. The van der Waals surface area contributed by atoms with Gasteiger partial charge in [0.15, 0.2) is 5.75 Å². The Morgan fingerprint density at radius 2 is 2.25 bits per heavy atom. The SMILES string of the molecule is CC(O)Cn1cc(OC2CCCCC2)cn1. The van der Waals surface area contributed by atoms with Crippen molar-refractivity contribution in [1.82, 2.24) is 9.78 Å². The number of aliphatic hydroxyl groups is 1. The van der Waals surface area contributed by atoms with E-state index in [9.17, 15) is 5.11 Å². The summed E-state index contributed by atoms with van der Waals surface area (Å²) in [5.41, 5.74) is 0. The Morgan fingerprint density at radius 1 is 1.50 bits per heavy atom. The zero-order valence-corrected chi connectivity index (χ0v) is 9.80. The lowest BCUT2D eigenvalue weighted by atomic mass is 9.98. The zero-order valence-electron chi connectivity index (χ0n) is 9.80. The first-order valence-electron chi connectivity index (χ1n) is 6.11. The van der Waals surface area contributed by atoms with Gasteiger partial charge in [0.1, 0.15) is 0 Å². The molecule has 4 heteroatoms. The molecule has 0 radical (unpaired) electrons. The summed E-state index contributed by atoms with van der Waals surface area (Å²) >= 11 is 0. The van der Waals surface area contributed by atoms with Crippen LogP contribution >= 0.6 is 0 Å². The summed E-state index contributed by atoms with van der Waals surface area (Å²) in [4.78, 5) is 0. The second-order valence-corrected chi connectivity index (χ2v) is 4.62. The van der Waals surface area contributed by atoms with Gasteiger partial charge < -0.3 is 9.84 Å². The molecule has 1 atom stereocenters. The number of ether oxygens (including phenoxy) is 1. The van der Waals surface area contributed by atoms with Gasteiger partial charge in [0.05, 0.1) is 31.1 Å². The van der Waals surface area contributed by atoms with Crippen molar-refractivity contribution in [2.24, 2.45) is 0 Å². The molecule has 1 aromatic rings. The van der Waals surface area contributed by atoms with Crippen LogP contribution in [0.5, 0.6) is 5.75 Å². The average molecular weight is 224 g/mol. The minimum absolute atomic E-state index is 0.359. The van der Waals surface area contributed by atoms with Gasteiger partial charge in [-0.15, -0.1) is 0 Å². The summed E-state index contributed by atoms with van der Waals surface area (Å²) < 4.78 is 7.58. The third-order valence-electron chi connectivity index (χ3n) is 2.92. The van der Waals surface area contributed by atoms with Gasteiger partial charge in [-0.25, -0.2) is 0 Å². The van der Waals surface area contributed by atoms with E-state index in [1.54, 1.807) is 17.8 Å². The van der Waals surface area contributed by atoms with Crippen molar-refractivity contribution in [3.05, 3.63) is 12.4 Å². The van der Waals surface area contributed by atoms with Gasteiger partial charge >= 0.3 is 0 Å². The van der Waals surface area contributed by atoms with Crippen LogP contribution in [-0.2, 0) is 6.54 Å². The first-order valence-corrected chi connectivity index (χ1v) is 6.11. The fourth-order valence-corrected chi connectivity index (χ4v) is 2.15. The molecule has 0 saturated heterocycles. The average Bonchev–Trinajstić information content (AvgIpc) is 2.66. The summed E-state index contributed by atoms with van der Waals surface area (Å²) in [7, 11) is 0. The standard InChI is InChI=1S/C12H20N2O2/c1-10(15)8-14-9-12(7-13-14)16-11-5-3-2-4-6-11/h7,9-11,15H,2-6,8H2,1H3. The smallest absolute Gasteiger partial charge is 0.157 e. The fraction of sp³-hybridized carbons (Fsp3) is 0.750. The van der Waals surface area contributed by atoms with Crippen LogP contribution < -0.4 is 4.74 Å². The Labute approximate surface area is 96.2 Å². The van der Waals surface area contributed by atoms with E-state index in [4.69, 9.17) is 4.74 Å². The number of aromatic nitrogens is 2. The maximum absolute atomic E-state index is 9.23. The molecule has 0 spiro atoms. The molecule has 1 aliphatic rings. The summed E-state index contributed by atoms with van der Waals surface area (Å²) in [6.07, 6.45) is 9.77. The van der Waals surface area contributed by atoms with Gasteiger partial charge in [-0.3, -0.25) is 4.68 Å². The Kier molecular flexibility index (Phi) is 3.83. The third-order valence-corrected chi connectivity index (χ3v) is 2.92. The van der Waals surface area contributed by atoms with Crippen LogP contribution in [0.1, 0.15) is 39.0 Å². The van der Waals surface area contributed by atoms with E-state index in [2.05, 4.69) is 5.10 Å². The lowest BCUT2D eigenvalue weighted by molar-refractivity contribution is 0.153. The van der Waals surface area contributed by atoms with Crippen LogP contribution in [0.2, 0.25) is 0 Å². The van der Waals surface area contributed by atoms with Crippen LogP contribution in [0, 0.1) is 0 Å². The molecule has 1 aromatic heterocycles. The molecule has 90 valence electrons. The molecule has 16 heavy (non-hydrogen) atoms. The lowest BCUT2D eigenvalue weighted by Gasteiger charge is -2.21. The second-order valence-electron chi connectivity index (χ2n) is 4.62. The molecular weight excluding hydrogens is 204 g/mol. The van der Waals surface area contributed by atoms with Crippen LogP contribution in [0.15, 0.2) is 12.4 Å².